The zero-order valence-corrected chi connectivity index (χ0v) is 11.4. The minimum Gasteiger partial charge on any atom is -0.366 e. The molecular formula is C17H17FO2. The van der Waals surface area contributed by atoms with Gasteiger partial charge in [0.2, 0.25) is 0 Å². The number of hydrogen-bond donors (Lipinski definition) is 0. The summed E-state index contributed by atoms with van der Waals surface area (Å²) in [4.78, 5) is 11.8. The van der Waals surface area contributed by atoms with Crippen molar-refractivity contribution in [1.82, 2.24) is 0 Å². The van der Waals surface area contributed by atoms with E-state index in [1.54, 1.807) is 12.1 Å². The van der Waals surface area contributed by atoms with Crippen molar-refractivity contribution in [2.75, 3.05) is 6.61 Å². The Morgan fingerprint density at radius 3 is 2.40 bits per heavy atom. The van der Waals surface area contributed by atoms with Gasteiger partial charge in [-0.05, 0) is 30.2 Å². The second kappa shape index (κ2) is 6.96. The average Bonchev–Trinajstić information content (AvgIpc) is 2.48. The molecule has 0 radical (unpaired) electrons. The van der Waals surface area contributed by atoms with Gasteiger partial charge in [-0.2, -0.15) is 0 Å². The van der Waals surface area contributed by atoms with Gasteiger partial charge in [0.25, 0.3) is 0 Å². The van der Waals surface area contributed by atoms with Gasteiger partial charge in [-0.1, -0.05) is 42.5 Å². The molecule has 2 aromatic carbocycles. The zero-order chi connectivity index (χ0) is 14.4. The predicted molar refractivity (Wildman–Crippen MR) is 75.9 cm³/mol. The molecule has 1 unspecified atom stereocenters. The molecule has 0 saturated carbocycles. The molecule has 3 heteroatoms. The molecule has 0 fully saturated rings. The minimum absolute atomic E-state index is 0.0145. The third-order valence-electron chi connectivity index (χ3n) is 3.08. The number of Topliss-reactive ketones (excluding diaryl/α,β-unsaturated/α-hetero) is 1. The first-order valence-corrected chi connectivity index (χ1v) is 6.58. The average molecular weight is 272 g/mol. The fourth-order valence-corrected chi connectivity index (χ4v) is 1.92. The predicted octanol–water partition coefficient (Wildman–Crippen LogP) is 3.72. The van der Waals surface area contributed by atoms with E-state index in [9.17, 15) is 9.18 Å². The van der Waals surface area contributed by atoms with E-state index in [2.05, 4.69) is 0 Å². The normalized spacial score (nSPS) is 12.1. The SMILES string of the molecule is CC(OCC(=O)Cc1ccc(F)cc1)c1ccccc1. The highest BCUT2D eigenvalue weighted by atomic mass is 19.1. The highest BCUT2D eigenvalue weighted by Crippen LogP contribution is 2.15. The Balaban J connectivity index is 1.82. The van der Waals surface area contributed by atoms with Crippen LogP contribution in [0.5, 0.6) is 0 Å². The number of ether oxygens (including phenoxy) is 1. The first-order chi connectivity index (χ1) is 9.65. The van der Waals surface area contributed by atoms with E-state index in [1.165, 1.54) is 12.1 Å². The highest BCUT2D eigenvalue weighted by molar-refractivity contribution is 5.82. The Kier molecular flexibility index (Phi) is 5.02. The number of carbonyl (C=O) groups excluding carboxylic acids is 1. The van der Waals surface area contributed by atoms with Gasteiger partial charge in [0.1, 0.15) is 12.4 Å². The van der Waals surface area contributed by atoms with Crippen molar-refractivity contribution in [2.24, 2.45) is 0 Å². The van der Waals surface area contributed by atoms with E-state index in [1.807, 2.05) is 37.3 Å². The molecule has 20 heavy (non-hydrogen) atoms. The summed E-state index contributed by atoms with van der Waals surface area (Å²) in [7, 11) is 0. The molecule has 0 aliphatic carbocycles. The van der Waals surface area contributed by atoms with Crippen LogP contribution in [0, 0.1) is 5.82 Å². The molecule has 0 aliphatic heterocycles. The van der Waals surface area contributed by atoms with E-state index in [4.69, 9.17) is 4.74 Å². The summed E-state index contributed by atoms with van der Waals surface area (Å²) in [5, 5.41) is 0. The number of carbonyl (C=O) groups is 1. The second-order valence-electron chi connectivity index (χ2n) is 4.71. The maximum atomic E-state index is 12.8. The lowest BCUT2D eigenvalue weighted by molar-refractivity contribution is -0.124. The van der Waals surface area contributed by atoms with Gasteiger partial charge in [-0.15, -0.1) is 0 Å². The molecule has 0 aliphatic rings. The first-order valence-electron chi connectivity index (χ1n) is 6.58. The Labute approximate surface area is 118 Å². The lowest BCUT2D eigenvalue weighted by Gasteiger charge is -2.12. The van der Waals surface area contributed by atoms with E-state index >= 15 is 0 Å². The molecule has 0 N–H and O–H groups in total. The van der Waals surface area contributed by atoms with Crippen LogP contribution in [0.15, 0.2) is 54.6 Å². The fraction of sp³-hybridized carbons (Fsp3) is 0.235. The van der Waals surface area contributed by atoms with Crippen LogP contribution in [0.3, 0.4) is 0 Å². The molecule has 0 amide bonds. The van der Waals surface area contributed by atoms with Crippen molar-refractivity contribution in [3.05, 3.63) is 71.5 Å². The van der Waals surface area contributed by atoms with Crippen LogP contribution in [0.4, 0.5) is 4.39 Å². The highest BCUT2D eigenvalue weighted by Gasteiger charge is 2.09. The standard InChI is InChI=1S/C17H17FO2/c1-13(15-5-3-2-4-6-15)20-12-17(19)11-14-7-9-16(18)10-8-14/h2-10,13H,11-12H2,1H3. The molecule has 0 spiro atoms. The van der Waals surface area contributed by atoms with Crippen molar-refractivity contribution in [1.29, 1.82) is 0 Å². The smallest absolute Gasteiger partial charge is 0.162 e. The van der Waals surface area contributed by atoms with Crippen molar-refractivity contribution in [2.45, 2.75) is 19.4 Å². The van der Waals surface area contributed by atoms with Crippen molar-refractivity contribution in [3.63, 3.8) is 0 Å². The van der Waals surface area contributed by atoms with E-state index in [-0.39, 0.29) is 30.7 Å². The maximum absolute atomic E-state index is 12.8. The van der Waals surface area contributed by atoms with Gasteiger partial charge in [0.15, 0.2) is 5.78 Å². The number of rotatable bonds is 6. The molecule has 0 bridgehead atoms. The van der Waals surface area contributed by atoms with Crippen molar-refractivity contribution in [3.8, 4) is 0 Å². The quantitative estimate of drug-likeness (QED) is 0.801. The first kappa shape index (κ1) is 14.4. The topological polar surface area (TPSA) is 26.3 Å². The summed E-state index contributed by atoms with van der Waals surface area (Å²) in [6, 6.07) is 15.7. The van der Waals surface area contributed by atoms with Crippen LogP contribution in [0.25, 0.3) is 0 Å². The van der Waals surface area contributed by atoms with Gasteiger partial charge in [-0.25, -0.2) is 4.39 Å². The summed E-state index contributed by atoms with van der Waals surface area (Å²) < 4.78 is 18.3. The number of hydrogen-bond acceptors (Lipinski definition) is 2. The van der Waals surface area contributed by atoms with Gasteiger partial charge >= 0.3 is 0 Å². The number of ketones is 1. The molecule has 104 valence electrons. The summed E-state index contributed by atoms with van der Waals surface area (Å²) >= 11 is 0. The summed E-state index contributed by atoms with van der Waals surface area (Å²) in [5.74, 6) is -0.311. The van der Waals surface area contributed by atoms with Crippen LogP contribution in [-0.4, -0.2) is 12.4 Å². The van der Waals surface area contributed by atoms with E-state index in [0.717, 1.165) is 11.1 Å². The third kappa shape index (κ3) is 4.28. The third-order valence-corrected chi connectivity index (χ3v) is 3.08. The monoisotopic (exact) mass is 272 g/mol. The van der Waals surface area contributed by atoms with Crippen molar-refractivity contribution >= 4 is 5.78 Å². The zero-order valence-electron chi connectivity index (χ0n) is 11.4. The molecule has 0 heterocycles. The fourth-order valence-electron chi connectivity index (χ4n) is 1.92. The Morgan fingerprint density at radius 2 is 1.75 bits per heavy atom. The van der Waals surface area contributed by atoms with Crippen LogP contribution in [0.1, 0.15) is 24.2 Å². The van der Waals surface area contributed by atoms with Gasteiger partial charge < -0.3 is 4.74 Å². The van der Waals surface area contributed by atoms with Gasteiger partial charge in [0, 0.05) is 6.42 Å². The van der Waals surface area contributed by atoms with E-state index < -0.39 is 0 Å². The molecule has 0 saturated heterocycles. The van der Waals surface area contributed by atoms with E-state index in [0.29, 0.717) is 0 Å². The van der Waals surface area contributed by atoms with Crippen LogP contribution in [-0.2, 0) is 16.0 Å². The number of halogens is 1. The van der Waals surface area contributed by atoms with Gasteiger partial charge in [-0.3, -0.25) is 4.79 Å². The molecule has 2 aromatic rings. The molecule has 0 aromatic heterocycles. The van der Waals surface area contributed by atoms with Crippen LogP contribution < -0.4 is 0 Å². The van der Waals surface area contributed by atoms with Crippen LogP contribution in [0.2, 0.25) is 0 Å². The summed E-state index contributed by atoms with van der Waals surface area (Å²) in [5.41, 5.74) is 1.84. The lowest BCUT2D eigenvalue weighted by atomic mass is 10.1. The summed E-state index contributed by atoms with van der Waals surface area (Å²) in [6.07, 6.45) is 0.148. The minimum atomic E-state index is -0.296. The number of benzene rings is 2. The molecular weight excluding hydrogens is 255 g/mol. The van der Waals surface area contributed by atoms with Gasteiger partial charge in [0.05, 0.1) is 6.10 Å². The Hall–Kier alpha value is -2.00. The molecule has 1 atom stereocenters. The largest absolute Gasteiger partial charge is 0.366 e. The lowest BCUT2D eigenvalue weighted by Crippen LogP contribution is -2.13. The Bertz CT molecular complexity index is 549. The maximum Gasteiger partial charge on any atom is 0.162 e. The van der Waals surface area contributed by atoms with Crippen molar-refractivity contribution < 1.29 is 13.9 Å². The summed E-state index contributed by atoms with van der Waals surface area (Å²) in [6.45, 7) is 1.98. The van der Waals surface area contributed by atoms with Crippen LogP contribution >= 0.6 is 0 Å². The second-order valence-corrected chi connectivity index (χ2v) is 4.71. The molecule has 2 rings (SSSR count). The Morgan fingerprint density at radius 1 is 1.10 bits per heavy atom. The molecule has 2 nitrogen and oxygen atoms in total.